The maximum atomic E-state index is 14.7. The van der Waals surface area contributed by atoms with Crippen molar-refractivity contribution in [3.63, 3.8) is 0 Å². The summed E-state index contributed by atoms with van der Waals surface area (Å²) in [5.41, 5.74) is -0.506. The van der Waals surface area contributed by atoms with Crippen molar-refractivity contribution in [3.05, 3.63) is 57.8 Å². The fraction of sp³-hybridized carbons (Fsp3) is 0.565. The lowest BCUT2D eigenvalue weighted by molar-refractivity contribution is -0.160. The molecule has 1 fully saturated rings. The number of carbonyl (C=O) groups is 4. The monoisotopic (exact) mass is 876 g/mol. The third kappa shape index (κ3) is 8.85. The van der Waals surface area contributed by atoms with Crippen LogP contribution in [0.15, 0.2) is 45.9 Å². The average molecular weight is 877 g/mol. The molecule has 17 heteroatoms. The molecule has 1 saturated heterocycles. The number of piperidine rings is 1. The molecular weight excluding hydrogens is 817 g/mol. The Morgan fingerprint density at radius 2 is 1.63 bits per heavy atom. The first-order chi connectivity index (χ1) is 29.7. The normalized spacial score (nSPS) is 31.9. The minimum Gasteiger partial charge on any atom is -0.507 e. The topological polar surface area (TPSA) is 235 Å². The van der Waals surface area contributed by atoms with Crippen molar-refractivity contribution in [3.8, 4) is 17.2 Å². The Hall–Kier alpha value is -5.20. The van der Waals surface area contributed by atoms with Crippen LogP contribution in [-0.4, -0.2) is 125 Å². The highest BCUT2D eigenvalue weighted by molar-refractivity contribution is 6.21. The van der Waals surface area contributed by atoms with E-state index < -0.39 is 88.7 Å². The SMILES string of the molecule is COCC(=O)N1CCC2(CC1)N=c1c(c3c4c5c(C)c(O)c3c(O)c1=NC(=O)/C(C)=C\C=C\[C@H](C)[C@H](O)[C@@H](C)[C@@H](O)[C@@H](C)[C@H](OC(C)=O)[C@H](C)[C@@H](OC)/C=C/CO[C@@](C)(O5)C4=O)N2. The number of fused-ring (bicyclic) bond motifs is 14. The first-order valence-electron chi connectivity index (χ1n) is 21.3. The molecule has 5 bridgehead atoms. The summed E-state index contributed by atoms with van der Waals surface area (Å²) < 4.78 is 29.1. The van der Waals surface area contributed by atoms with Gasteiger partial charge in [-0.25, -0.2) is 4.99 Å². The number of methoxy groups -OCH3 is 2. The Kier molecular flexibility index (Phi) is 13.9. The molecule has 63 heavy (non-hydrogen) atoms. The van der Waals surface area contributed by atoms with Crippen LogP contribution in [0.25, 0.3) is 10.8 Å². The van der Waals surface area contributed by atoms with E-state index in [0.717, 1.165) is 0 Å². The predicted octanol–water partition coefficient (Wildman–Crippen LogP) is 3.31. The highest BCUT2D eigenvalue weighted by atomic mass is 16.7. The largest absolute Gasteiger partial charge is 0.507 e. The smallest absolute Gasteiger partial charge is 0.302 e. The highest BCUT2D eigenvalue weighted by Crippen LogP contribution is 2.51. The summed E-state index contributed by atoms with van der Waals surface area (Å²) >= 11 is 0. The second-order valence-corrected chi connectivity index (χ2v) is 17.4. The molecule has 9 atom stereocenters. The van der Waals surface area contributed by atoms with Crippen molar-refractivity contribution in [1.82, 2.24) is 4.90 Å². The summed E-state index contributed by atoms with van der Waals surface area (Å²) in [6.07, 6.45) is 5.06. The standard InChI is InChI=1S/C46H60N4O13/c1-22-13-11-14-23(2)44(58)47-36-35-34(48-46(49-35)16-18-50(19-17-46)30(52)21-59-9)31-32(40(36)56)39(55)27(6)42-33(31)43(57)45(8,63-42)61-20-12-15-29(60-10)24(3)41(62-28(7)51)26(5)38(54)25(4)37(22)53/h11-15,22,24-26,29,37-38,41,48,53-56H,16-21H2,1-10H3/b13-11+,15-12+,23-14-,47-36?/t22-,24+,25+,26+,29-,37-,38+,41+,45-/m0/s1. The number of amides is 2. The van der Waals surface area contributed by atoms with E-state index in [9.17, 15) is 39.6 Å². The van der Waals surface area contributed by atoms with Crippen LogP contribution in [0.3, 0.4) is 0 Å². The number of nitrogens with one attached hydrogen (secondary N) is 1. The summed E-state index contributed by atoms with van der Waals surface area (Å²) in [5, 5.41) is 50.1. The van der Waals surface area contributed by atoms with Crippen LogP contribution in [0.2, 0.25) is 0 Å². The van der Waals surface area contributed by atoms with Gasteiger partial charge in [0.25, 0.3) is 11.7 Å². The van der Waals surface area contributed by atoms with E-state index in [-0.39, 0.29) is 68.7 Å². The first kappa shape index (κ1) is 47.3. The molecule has 0 saturated carbocycles. The van der Waals surface area contributed by atoms with Crippen LogP contribution >= 0.6 is 0 Å². The highest BCUT2D eigenvalue weighted by Gasteiger charge is 2.50. The van der Waals surface area contributed by atoms with Gasteiger partial charge in [-0.1, -0.05) is 58.1 Å². The second kappa shape index (κ2) is 18.5. The molecule has 5 N–H and O–H groups in total. The average Bonchev–Trinajstić information content (AvgIpc) is 3.74. The number of nitrogens with zero attached hydrogens (tertiary/aromatic N) is 3. The van der Waals surface area contributed by atoms with Gasteiger partial charge >= 0.3 is 5.97 Å². The lowest BCUT2D eigenvalue weighted by Crippen LogP contribution is -2.49. The van der Waals surface area contributed by atoms with Crippen molar-refractivity contribution < 1.29 is 63.3 Å². The Bertz CT molecular complexity index is 2390. The molecule has 5 heterocycles. The molecule has 342 valence electrons. The summed E-state index contributed by atoms with van der Waals surface area (Å²) in [7, 11) is 2.93. The van der Waals surface area contributed by atoms with E-state index in [4.69, 9.17) is 28.7 Å². The number of esters is 1. The van der Waals surface area contributed by atoms with E-state index in [1.807, 2.05) is 6.92 Å². The number of aromatic hydroxyl groups is 2. The zero-order valence-electron chi connectivity index (χ0n) is 37.6. The minimum atomic E-state index is -1.91. The number of rotatable bonds is 4. The number of likely N-dealkylation sites (tertiary alicyclic amines) is 1. The van der Waals surface area contributed by atoms with Gasteiger partial charge < -0.3 is 54.3 Å². The maximum Gasteiger partial charge on any atom is 0.302 e. The van der Waals surface area contributed by atoms with Gasteiger partial charge in [0.15, 0.2) is 5.75 Å². The molecule has 5 aliphatic rings. The van der Waals surface area contributed by atoms with Crippen molar-refractivity contribution >= 4 is 40.0 Å². The predicted molar refractivity (Wildman–Crippen MR) is 230 cm³/mol. The van der Waals surface area contributed by atoms with E-state index in [1.165, 1.54) is 48.0 Å². The van der Waals surface area contributed by atoms with Crippen LogP contribution in [-0.2, 0) is 33.3 Å². The molecule has 7 rings (SSSR count). The molecule has 5 aliphatic heterocycles. The molecule has 0 aliphatic carbocycles. The lowest BCUT2D eigenvalue weighted by Gasteiger charge is -2.38. The molecule has 17 nitrogen and oxygen atoms in total. The number of phenols is 2. The van der Waals surface area contributed by atoms with E-state index in [0.29, 0.717) is 25.9 Å². The summed E-state index contributed by atoms with van der Waals surface area (Å²) in [6.45, 7) is 13.2. The number of ketones is 1. The molecule has 0 unspecified atom stereocenters. The molecule has 2 aromatic rings. The summed E-state index contributed by atoms with van der Waals surface area (Å²) in [5.74, 6) is -7.33. The number of Topliss-reactive ketones (excluding diaryl/α,β-unsaturated/α-hetero) is 1. The van der Waals surface area contributed by atoms with Gasteiger partial charge in [0.2, 0.25) is 11.7 Å². The van der Waals surface area contributed by atoms with Crippen molar-refractivity contribution in [2.24, 2.45) is 33.7 Å². The molecular formula is C46H60N4O13. The van der Waals surface area contributed by atoms with Gasteiger partial charge in [-0.3, -0.25) is 24.2 Å². The Morgan fingerprint density at radius 1 is 0.952 bits per heavy atom. The lowest BCUT2D eigenvalue weighted by atomic mass is 9.78. The number of ether oxygens (including phenoxy) is 5. The van der Waals surface area contributed by atoms with E-state index >= 15 is 0 Å². The van der Waals surface area contributed by atoms with Gasteiger partial charge in [-0.2, -0.15) is 0 Å². The Morgan fingerprint density at radius 3 is 2.27 bits per heavy atom. The van der Waals surface area contributed by atoms with Crippen molar-refractivity contribution in [2.45, 2.75) is 104 Å². The van der Waals surface area contributed by atoms with Gasteiger partial charge in [-0.15, -0.1) is 0 Å². The van der Waals surface area contributed by atoms with E-state index in [2.05, 4.69) is 10.3 Å². The third-order valence-electron chi connectivity index (χ3n) is 13.0. The molecule has 1 spiro atoms. The quantitative estimate of drug-likeness (QED) is 0.169. The fourth-order valence-electron chi connectivity index (χ4n) is 9.12. The number of aliphatic hydroxyl groups is 2. The maximum absolute atomic E-state index is 14.7. The number of aliphatic hydroxyl groups excluding tert-OH is 2. The van der Waals surface area contributed by atoms with Crippen LogP contribution in [0, 0.1) is 30.6 Å². The number of anilines is 1. The number of hydrogen-bond donors (Lipinski definition) is 5. The summed E-state index contributed by atoms with van der Waals surface area (Å²) in [6, 6.07) is 0. The zero-order chi connectivity index (χ0) is 46.3. The van der Waals surface area contributed by atoms with Crippen molar-refractivity contribution in [1.29, 1.82) is 0 Å². The number of phenolic OH excluding ortho intramolecular Hbond substituents is 2. The Balaban J connectivity index is 1.52. The second-order valence-electron chi connectivity index (χ2n) is 17.4. The molecule has 0 radical (unpaired) electrons. The molecule has 2 amide bonds. The van der Waals surface area contributed by atoms with Crippen molar-refractivity contribution in [2.75, 3.05) is 45.8 Å². The van der Waals surface area contributed by atoms with Crippen LogP contribution < -0.4 is 20.8 Å². The van der Waals surface area contributed by atoms with E-state index in [1.54, 1.807) is 50.0 Å². The number of hydrogen-bond acceptors (Lipinski definition) is 15. The first-order valence-corrected chi connectivity index (χ1v) is 21.3. The zero-order valence-corrected chi connectivity index (χ0v) is 37.6. The molecule has 0 aromatic heterocycles. The van der Waals surface area contributed by atoms with Gasteiger partial charge in [-0.05, 0) is 13.8 Å². The number of allylic oxidation sites excluding steroid dienone is 2. The van der Waals surface area contributed by atoms with Gasteiger partial charge in [0, 0.05) is 94.2 Å². The minimum absolute atomic E-state index is 0.0149. The van der Waals surface area contributed by atoms with Crippen LogP contribution in [0.4, 0.5) is 5.69 Å². The van der Waals surface area contributed by atoms with Gasteiger partial charge in [0.1, 0.15) is 40.6 Å². The van der Waals surface area contributed by atoms with Crippen LogP contribution in [0.5, 0.6) is 17.2 Å². The fourth-order valence-corrected chi connectivity index (χ4v) is 9.12. The third-order valence-corrected chi connectivity index (χ3v) is 13.0. The van der Waals surface area contributed by atoms with Gasteiger partial charge in [0.05, 0.1) is 41.6 Å². The van der Waals surface area contributed by atoms with Crippen LogP contribution in [0.1, 0.15) is 77.2 Å². The number of benzene rings is 2. The number of carbonyl (C=O) groups excluding carboxylic acids is 4. The summed E-state index contributed by atoms with van der Waals surface area (Å²) in [4.78, 5) is 64.7. The Labute approximate surface area is 366 Å². The molecule has 2 aromatic carbocycles.